The summed E-state index contributed by atoms with van der Waals surface area (Å²) in [6.45, 7) is 5.77. The second kappa shape index (κ2) is 5.58. The monoisotopic (exact) mass is 272 g/mol. The van der Waals surface area contributed by atoms with E-state index in [0.29, 0.717) is 6.42 Å². The van der Waals surface area contributed by atoms with Crippen molar-refractivity contribution < 1.29 is 4.79 Å². The number of hydrogen-bond donors (Lipinski definition) is 0. The minimum absolute atomic E-state index is 0.189. The standard InChI is InChI=1S/C17H17ClO/c1-11-8-12(2)17(10-15(11)9-13(3)19)14-4-6-16(18)7-5-14/h4-8,10H,9H2,1-3H3. The molecule has 0 aliphatic carbocycles. The van der Waals surface area contributed by atoms with Crippen molar-refractivity contribution in [2.75, 3.05) is 0 Å². The van der Waals surface area contributed by atoms with Gasteiger partial charge in [0.15, 0.2) is 0 Å². The van der Waals surface area contributed by atoms with Gasteiger partial charge < -0.3 is 0 Å². The van der Waals surface area contributed by atoms with E-state index in [1.165, 1.54) is 16.7 Å². The number of carbonyl (C=O) groups excluding carboxylic acids is 1. The zero-order valence-electron chi connectivity index (χ0n) is 11.5. The summed E-state index contributed by atoms with van der Waals surface area (Å²) in [4.78, 5) is 11.3. The molecule has 2 heteroatoms. The van der Waals surface area contributed by atoms with Crippen molar-refractivity contribution in [3.8, 4) is 11.1 Å². The third kappa shape index (κ3) is 3.24. The molecule has 0 saturated heterocycles. The van der Waals surface area contributed by atoms with Crippen molar-refractivity contribution in [1.29, 1.82) is 0 Å². The van der Waals surface area contributed by atoms with Crippen LogP contribution in [0.2, 0.25) is 5.02 Å². The van der Waals surface area contributed by atoms with E-state index in [-0.39, 0.29) is 5.78 Å². The van der Waals surface area contributed by atoms with Crippen LogP contribution in [0.25, 0.3) is 11.1 Å². The van der Waals surface area contributed by atoms with Gasteiger partial charge in [-0.15, -0.1) is 0 Å². The fraction of sp³-hybridized carbons (Fsp3) is 0.235. The molecule has 0 saturated carbocycles. The molecule has 0 amide bonds. The molecule has 2 aromatic carbocycles. The lowest BCUT2D eigenvalue weighted by atomic mass is 9.93. The van der Waals surface area contributed by atoms with Crippen molar-refractivity contribution in [2.24, 2.45) is 0 Å². The number of Topliss-reactive ketones (excluding diaryl/α,β-unsaturated/α-hetero) is 1. The quantitative estimate of drug-likeness (QED) is 0.788. The molecule has 0 unspecified atom stereocenters. The van der Waals surface area contributed by atoms with Gasteiger partial charge >= 0.3 is 0 Å². The van der Waals surface area contributed by atoms with Gasteiger partial charge in [0.1, 0.15) is 5.78 Å². The maximum absolute atomic E-state index is 11.3. The molecule has 1 nitrogen and oxygen atoms in total. The zero-order valence-corrected chi connectivity index (χ0v) is 12.2. The zero-order chi connectivity index (χ0) is 14.0. The summed E-state index contributed by atoms with van der Waals surface area (Å²) < 4.78 is 0. The number of carbonyl (C=O) groups is 1. The van der Waals surface area contributed by atoms with E-state index < -0.39 is 0 Å². The number of halogens is 1. The van der Waals surface area contributed by atoms with Crippen LogP contribution in [0, 0.1) is 13.8 Å². The van der Waals surface area contributed by atoms with Gasteiger partial charge in [0, 0.05) is 11.4 Å². The summed E-state index contributed by atoms with van der Waals surface area (Å²) in [7, 11) is 0. The van der Waals surface area contributed by atoms with Gasteiger partial charge in [-0.3, -0.25) is 4.79 Å². The smallest absolute Gasteiger partial charge is 0.134 e. The molecule has 0 aromatic heterocycles. The fourth-order valence-electron chi connectivity index (χ4n) is 2.30. The van der Waals surface area contributed by atoms with Crippen molar-refractivity contribution in [3.05, 3.63) is 58.1 Å². The van der Waals surface area contributed by atoms with Crippen LogP contribution in [0.4, 0.5) is 0 Å². The number of hydrogen-bond acceptors (Lipinski definition) is 1. The first-order valence-electron chi connectivity index (χ1n) is 6.33. The second-order valence-corrected chi connectivity index (χ2v) is 5.42. The summed E-state index contributed by atoms with van der Waals surface area (Å²) in [5.41, 5.74) is 5.78. The third-order valence-corrected chi connectivity index (χ3v) is 3.53. The average molecular weight is 273 g/mol. The van der Waals surface area contributed by atoms with E-state index in [1.54, 1.807) is 6.92 Å². The Morgan fingerprint density at radius 1 is 1.05 bits per heavy atom. The van der Waals surface area contributed by atoms with Crippen LogP contribution in [0.15, 0.2) is 36.4 Å². The highest BCUT2D eigenvalue weighted by Gasteiger charge is 2.08. The number of benzene rings is 2. The highest BCUT2D eigenvalue weighted by Crippen LogP contribution is 2.28. The first-order chi connectivity index (χ1) is 8.97. The van der Waals surface area contributed by atoms with Crippen molar-refractivity contribution in [2.45, 2.75) is 27.2 Å². The Kier molecular flexibility index (Phi) is 4.06. The first kappa shape index (κ1) is 13.8. The number of aryl methyl sites for hydroxylation is 2. The maximum atomic E-state index is 11.3. The molecular formula is C17H17ClO. The van der Waals surface area contributed by atoms with Crippen LogP contribution in [0.1, 0.15) is 23.6 Å². The lowest BCUT2D eigenvalue weighted by molar-refractivity contribution is -0.116. The van der Waals surface area contributed by atoms with Crippen molar-refractivity contribution in [3.63, 3.8) is 0 Å². The Morgan fingerprint density at radius 3 is 2.26 bits per heavy atom. The molecule has 0 atom stereocenters. The molecule has 2 rings (SSSR count). The van der Waals surface area contributed by atoms with E-state index in [4.69, 9.17) is 11.6 Å². The lowest BCUT2D eigenvalue weighted by Crippen LogP contribution is -2.00. The molecule has 0 bridgehead atoms. The van der Waals surface area contributed by atoms with Gasteiger partial charge in [0.2, 0.25) is 0 Å². The Bertz CT molecular complexity index is 612. The number of ketones is 1. The fourth-order valence-corrected chi connectivity index (χ4v) is 2.42. The van der Waals surface area contributed by atoms with Crippen LogP contribution in [0.3, 0.4) is 0 Å². The summed E-state index contributed by atoms with van der Waals surface area (Å²) in [5, 5.41) is 0.734. The van der Waals surface area contributed by atoms with E-state index in [0.717, 1.165) is 16.1 Å². The largest absolute Gasteiger partial charge is 0.300 e. The van der Waals surface area contributed by atoms with Crippen molar-refractivity contribution >= 4 is 17.4 Å². The Morgan fingerprint density at radius 2 is 1.68 bits per heavy atom. The minimum atomic E-state index is 0.189. The van der Waals surface area contributed by atoms with Crippen LogP contribution in [0.5, 0.6) is 0 Å². The molecule has 0 heterocycles. The minimum Gasteiger partial charge on any atom is -0.300 e. The summed E-state index contributed by atoms with van der Waals surface area (Å²) in [6, 6.07) is 12.1. The highest BCUT2D eigenvalue weighted by atomic mass is 35.5. The van der Waals surface area contributed by atoms with Crippen molar-refractivity contribution in [1.82, 2.24) is 0 Å². The van der Waals surface area contributed by atoms with Gasteiger partial charge in [-0.25, -0.2) is 0 Å². The third-order valence-electron chi connectivity index (χ3n) is 3.28. The van der Waals surface area contributed by atoms with Crippen LogP contribution < -0.4 is 0 Å². The lowest BCUT2D eigenvalue weighted by Gasteiger charge is -2.12. The van der Waals surface area contributed by atoms with Gasteiger partial charge in [0.05, 0.1) is 0 Å². The second-order valence-electron chi connectivity index (χ2n) is 4.98. The Balaban J connectivity index is 2.50. The summed E-state index contributed by atoms with van der Waals surface area (Å²) in [6.07, 6.45) is 0.493. The van der Waals surface area contributed by atoms with E-state index in [9.17, 15) is 4.79 Å². The molecule has 0 spiro atoms. The van der Waals surface area contributed by atoms with Gasteiger partial charge in [-0.2, -0.15) is 0 Å². The summed E-state index contributed by atoms with van der Waals surface area (Å²) >= 11 is 5.92. The molecule has 0 aliphatic rings. The Labute approximate surface area is 119 Å². The first-order valence-corrected chi connectivity index (χ1v) is 6.70. The maximum Gasteiger partial charge on any atom is 0.134 e. The van der Waals surface area contributed by atoms with E-state index in [1.807, 2.05) is 24.3 Å². The predicted molar refractivity (Wildman–Crippen MR) is 80.7 cm³/mol. The SMILES string of the molecule is CC(=O)Cc1cc(-c2ccc(Cl)cc2)c(C)cc1C. The molecule has 0 aliphatic heterocycles. The van der Waals surface area contributed by atoms with Crippen LogP contribution >= 0.6 is 11.6 Å². The topological polar surface area (TPSA) is 17.1 Å². The molecule has 98 valence electrons. The molecule has 2 aromatic rings. The molecular weight excluding hydrogens is 256 g/mol. The van der Waals surface area contributed by atoms with Crippen LogP contribution in [-0.4, -0.2) is 5.78 Å². The highest BCUT2D eigenvalue weighted by molar-refractivity contribution is 6.30. The molecule has 0 N–H and O–H groups in total. The molecule has 19 heavy (non-hydrogen) atoms. The molecule has 0 radical (unpaired) electrons. The van der Waals surface area contributed by atoms with Gasteiger partial charge in [-0.05, 0) is 60.7 Å². The van der Waals surface area contributed by atoms with Gasteiger partial charge in [0.25, 0.3) is 0 Å². The van der Waals surface area contributed by atoms with Crippen LogP contribution in [-0.2, 0) is 11.2 Å². The number of rotatable bonds is 3. The Hall–Kier alpha value is -1.60. The van der Waals surface area contributed by atoms with E-state index >= 15 is 0 Å². The summed E-state index contributed by atoms with van der Waals surface area (Å²) in [5.74, 6) is 0.189. The molecule has 0 fully saturated rings. The normalized spacial score (nSPS) is 10.5. The average Bonchev–Trinajstić information content (AvgIpc) is 2.33. The van der Waals surface area contributed by atoms with E-state index in [2.05, 4.69) is 26.0 Å². The predicted octanol–water partition coefficient (Wildman–Crippen LogP) is 4.76. The van der Waals surface area contributed by atoms with Gasteiger partial charge in [-0.1, -0.05) is 35.9 Å².